The molecule has 12 heavy (non-hydrogen) atoms. The van der Waals surface area contributed by atoms with E-state index in [9.17, 15) is 0 Å². The second kappa shape index (κ2) is 4.86. The van der Waals surface area contributed by atoms with Gasteiger partial charge >= 0.3 is 0 Å². The van der Waals surface area contributed by atoms with Gasteiger partial charge in [0.15, 0.2) is 0 Å². The van der Waals surface area contributed by atoms with E-state index in [2.05, 4.69) is 19.2 Å². The average Bonchev–Trinajstić information content (AvgIpc) is 2.06. The molecular formula is C11H23N. The second-order valence-electron chi connectivity index (χ2n) is 4.52. The van der Waals surface area contributed by atoms with Crippen LogP contribution in [-0.4, -0.2) is 13.1 Å². The van der Waals surface area contributed by atoms with E-state index in [-0.39, 0.29) is 0 Å². The zero-order chi connectivity index (χ0) is 8.86. The lowest BCUT2D eigenvalue weighted by atomic mass is 9.77. The Balaban J connectivity index is 2.17. The van der Waals surface area contributed by atoms with Crippen LogP contribution in [0.1, 0.15) is 52.4 Å². The Kier molecular flexibility index (Phi) is 4.07. The third-order valence-corrected chi connectivity index (χ3v) is 3.19. The summed E-state index contributed by atoms with van der Waals surface area (Å²) >= 11 is 0. The molecule has 1 heteroatoms. The maximum Gasteiger partial charge on any atom is -0.00437 e. The van der Waals surface area contributed by atoms with Gasteiger partial charge < -0.3 is 5.32 Å². The van der Waals surface area contributed by atoms with Gasteiger partial charge in [0.2, 0.25) is 0 Å². The van der Waals surface area contributed by atoms with Crippen molar-refractivity contribution >= 4 is 0 Å². The highest BCUT2D eigenvalue weighted by Crippen LogP contribution is 2.33. The quantitative estimate of drug-likeness (QED) is 0.638. The SMILES string of the molecule is CCCCCC1(C)CCNCC1. The van der Waals surface area contributed by atoms with Crippen molar-refractivity contribution in [2.75, 3.05) is 13.1 Å². The number of unbranched alkanes of at least 4 members (excludes halogenated alkanes) is 2. The summed E-state index contributed by atoms with van der Waals surface area (Å²) in [6.45, 7) is 7.22. The molecule has 1 saturated heterocycles. The summed E-state index contributed by atoms with van der Waals surface area (Å²) in [5.74, 6) is 0. The largest absolute Gasteiger partial charge is 0.317 e. The maximum atomic E-state index is 3.43. The number of hydrogen-bond donors (Lipinski definition) is 1. The molecule has 0 aliphatic carbocycles. The molecule has 1 nitrogen and oxygen atoms in total. The highest BCUT2D eigenvalue weighted by atomic mass is 14.9. The lowest BCUT2D eigenvalue weighted by molar-refractivity contribution is 0.205. The van der Waals surface area contributed by atoms with Gasteiger partial charge in [-0.3, -0.25) is 0 Å². The van der Waals surface area contributed by atoms with Crippen molar-refractivity contribution in [1.82, 2.24) is 5.32 Å². The standard InChI is InChI=1S/C11H23N/c1-3-4-5-6-11(2)7-9-12-10-8-11/h12H,3-10H2,1-2H3. The summed E-state index contributed by atoms with van der Waals surface area (Å²) in [6, 6.07) is 0. The Morgan fingerprint density at radius 1 is 1.17 bits per heavy atom. The van der Waals surface area contributed by atoms with Crippen LogP contribution in [0.2, 0.25) is 0 Å². The first-order valence-electron chi connectivity index (χ1n) is 5.47. The summed E-state index contributed by atoms with van der Waals surface area (Å²) in [5.41, 5.74) is 0.667. The predicted molar refractivity (Wildman–Crippen MR) is 54.4 cm³/mol. The molecule has 0 bridgehead atoms. The van der Waals surface area contributed by atoms with Crippen LogP contribution >= 0.6 is 0 Å². The summed E-state index contributed by atoms with van der Waals surface area (Å²) in [7, 11) is 0. The van der Waals surface area contributed by atoms with Crippen molar-refractivity contribution < 1.29 is 0 Å². The van der Waals surface area contributed by atoms with Crippen molar-refractivity contribution in [1.29, 1.82) is 0 Å². The van der Waals surface area contributed by atoms with Crippen LogP contribution in [0.15, 0.2) is 0 Å². The van der Waals surface area contributed by atoms with E-state index >= 15 is 0 Å². The topological polar surface area (TPSA) is 12.0 Å². The highest BCUT2D eigenvalue weighted by molar-refractivity contribution is 4.80. The Labute approximate surface area is 76.9 Å². The minimum atomic E-state index is 0.667. The van der Waals surface area contributed by atoms with Gasteiger partial charge in [0.25, 0.3) is 0 Å². The van der Waals surface area contributed by atoms with Crippen molar-refractivity contribution in [3.05, 3.63) is 0 Å². The molecule has 1 fully saturated rings. The molecule has 0 unspecified atom stereocenters. The van der Waals surface area contributed by atoms with Gasteiger partial charge in [-0.2, -0.15) is 0 Å². The van der Waals surface area contributed by atoms with E-state index in [0.29, 0.717) is 5.41 Å². The van der Waals surface area contributed by atoms with Gasteiger partial charge in [-0.15, -0.1) is 0 Å². The first kappa shape index (κ1) is 10.0. The summed E-state index contributed by atoms with van der Waals surface area (Å²) in [4.78, 5) is 0. The molecule has 1 aliphatic rings. The average molecular weight is 169 g/mol. The molecule has 1 rings (SSSR count). The second-order valence-corrected chi connectivity index (χ2v) is 4.52. The van der Waals surface area contributed by atoms with E-state index in [1.165, 1.54) is 51.6 Å². The van der Waals surface area contributed by atoms with E-state index in [0.717, 1.165) is 0 Å². The summed E-state index contributed by atoms with van der Waals surface area (Å²) < 4.78 is 0. The highest BCUT2D eigenvalue weighted by Gasteiger charge is 2.25. The smallest absolute Gasteiger partial charge is 0.00437 e. The summed E-state index contributed by atoms with van der Waals surface area (Å²) in [6.07, 6.45) is 8.43. The van der Waals surface area contributed by atoms with Crippen molar-refractivity contribution in [2.45, 2.75) is 52.4 Å². The zero-order valence-electron chi connectivity index (χ0n) is 8.66. The van der Waals surface area contributed by atoms with Crippen LogP contribution in [0.4, 0.5) is 0 Å². The van der Waals surface area contributed by atoms with E-state index in [1.54, 1.807) is 0 Å². The van der Waals surface area contributed by atoms with Crippen LogP contribution in [0.5, 0.6) is 0 Å². The zero-order valence-corrected chi connectivity index (χ0v) is 8.66. The molecule has 0 atom stereocenters. The Morgan fingerprint density at radius 2 is 1.83 bits per heavy atom. The minimum Gasteiger partial charge on any atom is -0.317 e. The lowest BCUT2D eigenvalue weighted by Gasteiger charge is -2.34. The number of nitrogens with one attached hydrogen (secondary N) is 1. The van der Waals surface area contributed by atoms with Crippen molar-refractivity contribution in [2.24, 2.45) is 5.41 Å². The molecule has 0 amide bonds. The maximum absolute atomic E-state index is 3.43. The third-order valence-electron chi connectivity index (χ3n) is 3.19. The molecule has 0 spiro atoms. The molecule has 0 aromatic heterocycles. The molecule has 0 saturated carbocycles. The first-order valence-corrected chi connectivity index (χ1v) is 5.47. The van der Waals surface area contributed by atoms with Gasteiger partial charge in [0.05, 0.1) is 0 Å². The molecule has 1 N–H and O–H groups in total. The predicted octanol–water partition coefficient (Wildman–Crippen LogP) is 2.96. The number of hydrogen-bond acceptors (Lipinski definition) is 1. The first-order chi connectivity index (χ1) is 5.77. The fraction of sp³-hybridized carbons (Fsp3) is 1.00. The number of rotatable bonds is 4. The minimum absolute atomic E-state index is 0.667. The van der Waals surface area contributed by atoms with Gasteiger partial charge in [0.1, 0.15) is 0 Å². The van der Waals surface area contributed by atoms with E-state index in [1.807, 2.05) is 0 Å². The third kappa shape index (κ3) is 3.14. The van der Waals surface area contributed by atoms with Crippen molar-refractivity contribution in [3.8, 4) is 0 Å². The molecule has 0 aromatic rings. The fourth-order valence-electron chi connectivity index (χ4n) is 2.08. The molecule has 1 heterocycles. The summed E-state index contributed by atoms with van der Waals surface area (Å²) in [5, 5.41) is 3.43. The van der Waals surface area contributed by atoms with E-state index in [4.69, 9.17) is 0 Å². The van der Waals surface area contributed by atoms with Crippen LogP contribution in [0, 0.1) is 5.41 Å². The van der Waals surface area contributed by atoms with Crippen LogP contribution in [0.3, 0.4) is 0 Å². The Hall–Kier alpha value is -0.0400. The Bertz CT molecular complexity index is 114. The monoisotopic (exact) mass is 169 g/mol. The van der Waals surface area contributed by atoms with Crippen LogP contribution in [0.25, 0.3) is 0 Å². The van der Waals surface area contributed by atoms with Gasteiger partial charge in [-0.05, 0) is 37.8 Å². The Morgan fingerprint density at radius 3 is 2.42 bits per heavy atom. The van der Waals surface area contributed by atoms with Gasteiger partial charge in [0, 0.05) is 0 Å². The van der Waals surface area contributed by atoms with Crippen molar-refractivity contribution in [3.63, 3.8) is 0 Å². The van der Waals surface area contributed by atoms with Crippen LogP contribution < -0.4 is 5.32 Å². The number of piperidine rings is 1. The van der Waals surface area contributed by atoms with E-state index < -0.39 is 0 Å². The molecule has 72 valence electrons. The fourth-order valence-corrected chi connectivity index (χ4v) is 2.08. The van der Waals surface area contributed by atoms with Crippen LogP contribution in [-0.2, 0) is 0 Å². The molecule has 0 radical (unpaired) electrons. The normalized spacial score (nSPS) is 22.5. The lowest BCUT2D eigenvalue weighted by Crippen LogP contribution is -2.34. The van der Waals surface area contributed by atoms with Gasteiger partial charge in [-0.1, -0.05) is 33.1 Å². The molecule has 0 aromatic carbocycles. The molecule has 1 aliphatic heterocycles. The molecular weight excluding hydrogens is 146 g/mol. The van der Waals surface area contributed by atoms with Gasteiger partial charge in [-0.25, -0.2) is 0 Å².